The number of rotatable bonds is 8. The summed E-state index contributed by atoms with van der Waals surface area (Å²) in [5.41, 5.74) is 1.68. The number of amides is 1. The molecule has 4 aromatic rings. The Kier molecular flexibility index (Phi) is 7.57. The molecule has 0 atom stereocenters. The zero-order valence-electron chi connectivity index (χ0n) is 18.6. The molecule has 0 aliphatic rings. The van der Waals surface area contributed by atoms with E-state index in [2.05, 4.69) is 15.0 Å². The first-order chi connectivity index (χ1) is 16.8. The number of hydrogen-bond acceptors (Lipinski definition) is 5. The van der Waals surface area contributed by atoms with Gasteiger partial charge in [0.05, 0.1) is 18.4 Å². The Morgan fingerprint density at radius 2 is 1.74 bits per heavy atom. The van der Waals surface area contributed by atoms with E-state index in [0.717, 1.165) is 5.56 Å². The van der Waals surface area contributed by atoms with Gasteiger partial charge in [-0.25, -0.2) is 18.1 Å². The van der Waals surface area contributed by atoms with Crippen molar-refractivity contribution in [2.75, 3.05) is 12.4 Å². The lowest BCUT2D eigenvalue weighted by atomic mass is 10.1. The number of hydrogen-bond donors (Lipinski definition) is 2. The summed E-state index contributed by atoms with van der Waals surface area (Å²) in [6.07, 6.45) is 1.46. The Hall–Kier alpha value is -3.17. The van der Waals surface area contributed by atoms with Crippen LogP contribution in [-0.2, 0) is 27.8 Å². The monoisotopic (exact) mass is 529 g/mol. The van der Waals surface area contributed by atoms with Gasteiger partial charge in [-0.05, 0) is 47.5 Å². The van der Waals surface area contributed by atoms with Crippen LogP contribution in [0, 0.1) is 0 Å². The van der Waals surface area contributed by atoms with Gasteiger partial charge in [0, 0.05) is 34.2 Å². The molecule has 1 amide bonds. The van der Waals surface area contributed by atoms with Crippen molar-refractivity contribution >= 4 is 55.6 Å². The van der Waals surface area contributed by atoms with E-state index in [1.165, 1.54) is 12.3 Å². The number of sulfonamides is 1. The normalized spacial score (nSPS) is 11.4. The molecule has 180 valence electrons. The third-order valence-corrected chi connectivity index (χ3v) is 7.41. The van der Waals surface area contributed by atoms with E-state index in [4.69, 9.17) is 27.9 Å². The van der Waals surface area contributed by atoms with Crippen LogP contribution in [0.15, 0.2) is 77.8 Å². The number of pyridine rings is 1. The molecule has 0 unspecified atom stereocenters. The molecule has 0 aliphatic carbocycles. The second-order valence-electron chi connectivity index (χ2n) is 7.66. The predicted molar refractivity (Wildman–Crippen MR) is 138 cm³/mol. The number of fused-ring (bicyclic) bond motifs is 1. The summed E-state index contributed by atoms with van der Waals surface area (Å²) in [6, 6.07) is 18.6. The number of methoxy groups -OCH3 is 1. The lowest BCUT2D eigenvalue weighted by Gasteiger charge is -2.14. The fraction of sp³-hybridized carbons (Fsp3) is 0.120. The molecule has 0 fully saturated rings. The van der Waals surface area contributed by atoms with Crippen LogP contribution in [0.5, 0.6) is 5.75 Å². The molecular weight excluding hydrogens is 509 g/mol. The van der Waals surface area contributed by atoms with E-state index >= 15 is 0 Å². The molecule has 1 aromatic heterocycles. The molecule has 3 aromatic carbocycles. The number of aromatic nitrogens is 1. The summed E-state index contributed by atoms with van der Waals surface area (Å²) in [5.74, 6) is 0.317. The summed E-state index contributed by atoms with van der Waals surface area (Å²) >= 11 is 12.4. The molecule has 10 heteroatoms. The number of halogens is 2. The van der Waals surface area contributed by atoms with Crippen molar-refractivity contribution in [2.45, 2.75) is 17.9 Å². The van der Waals surface area contributed by atoms with Crippen LogP contribution in [0.25, 0.3) is 10.8 Å². The van der Waals surface area contributed by atoms with Crippen LogP contribution < -0.4 is 14.8 Å². The van der Waals surface area contributed by atoms with E-state index in [1.54, 1.807) is 67.8 Å². The number of ether oxygens (including phenoxy) is 1. The summed E-state index contributed by atoms with van der Waals surface area (Å²) in [5, 5.41) is 4.12. The highest BCUT2D eigenvalue weighted by atomic mass is 35.5. The van der Waals surface area contributed by atoms with Crippen LogP contribution in [0.1, 0.15) is 11.1 Å². The van der Waals surface area contributed by atoms with Gasteiger partial charge in [-0.1, -0.05) is 53.5 Å². The molecule has 1 heterocycles. The van der Waals surface area contributed by atoms with E-state index in [1.807, 2.05) is 0 Å². The van der Waals surface area contributed by atoms with Crippen molar-refractivity contribution in [3.05, 3.63) is 94.2 Å². The molecular formula is C25H21Cl2N3O4S. The van der Waals surface area contributed by atoms with Crippen LogP contribution in [0.4, 0.5) is 5.69 Å². The van der Waals surface area contributed by atoms with Gasteiger partial charge >= 0.3 is 0 Å². The molecule has 0 spiro atoms. The highest BCUT2D eigenvalue weighted by Gasteiger charge is 2.21. The SMILES string of the molecule is COc1ccc(CNS(=O)(=O)c2cc(NC(=O)Cc3ccccc3Cl)cc3c(Cl)nccc23)cc1. The maximum Gasteiger partial charge on any atom is 0.241 e. The highest BCUT2D eigenvalue weighted by molar-refractivity contribution is 7.89. The smallest absolute Gasteiger partial charge is 0.241 e. The van der Waals surface area contributed by atoms with Gasteiger partial charge in [-0.2, -0.15) is 0 Å². The fourth-order valence-electron chi connectivity index (χ4n) is 3.53. The Bertz CT molecular complexity index is 1490. The minimum atomic E-state index is -3.98. The minimum Gasteiger partial charge on any atom is -0.497 e. The minimum absolute atomic E-state index is 0.0241. The van der Waals surface area contributed by atoms with Gasteiger partial charge in [-0.15, -0.1) is 0 Å². The molecule has 0 bridgehead atoms. The standard InChI is InChI=1S/C25H21Cl2N3O4S/c1-34-19-8-6-16(7-9-19)15-29-35(32,33)23-14-18(13-21-20(23)10-11-28-25(21)27)30-24(31)12-17-4-2-3-5-22(17)26/h2-11,13-14,29H,12,15H2,1H3,(H,30,31). The second kappa shape index (κ2) is 10.6. The van der Waals surface area contributed by atoms with Gasteiger partial charge in [0.1, 0.15) is 10.9 Å². The summed E-state index contributed by atoms with van der Waals surface area (Å²) < 4.78 is 34.3. The molecule has 7 nitrogen and oxygen atoms in total. The highest BCUT2D eigenvalue weighted by Crippen LogP contribution is 2.31. The Morgan fingerprint density at radius 3 is 2.46 bits per heavy atom. The first kappa shape index (κ1) is 24.9. The number of nitrogens with one attached hydrogen (secondary N) is 2. The third-order valence-electron chi connectivity index (χ3n) is 5.30. The van der Waals surface area contributed by atoms with Crippen molar-refractivity contribution in [3.63, 3.8) is 0 Å². The van der Waals surface area contributed by atoms with Gasteiger partial charge < -0.3 is 10.1 Å². The maximum atomic E-state index is 13.3. The number of benzene rings is 3. The van der Waals surface area contributed by atoms with Crippen molar-refractivity contribution in [2.24, 2.45) is 0 Å². The van der Waals surface area contributed by atoms with Crippen LogP contribution in [0.3, 0.4) is 0 Å². The summed E-state index contributed by atoms with van der Waals surface area (Å²) in [4.78, 5) is 16.7. The molecule has 0 aliphatic heterocycles. The first-order valence-corrected chi connectivity index (χ1v) is 12.7. The van der Waals surface area contributed by atoms with E-state index in [0.29, 0.717) is 27.1 Å². The number of carbonyl (C=O) groups excluding carboxylic acids is 1. The summed E-state index contributed by atoms with van der Waals surface area (Å²) in [7, 11) is -2.42. The average molecular weight is 530 g/mol. The number of nitrogens with zero attached hydrogens (tertiary/aromatic N) is 1. The van der Waals surface area contributed by atoms with Gasteiger partial charge in [-0.3, -0.25) is 4.79 Å². The predicted octanol–water partition coefficient (Wildman–Crippen LogP) is 5.21. The summed E-state index contributed by atoms with van der Waals surface area (Å²) in [6.45, 7) is 0.0652. The molecule has 35 heavy (non-hydrogen) atoms. The quantitative estimate of drug-likeness (QED) is 0.305. The van der Waals surface area contributed by atoms with Crippen molar-refractivity contribution in [1.29, 1.82) is 0 Å². The van der Waals surface area contributed by atoms with E-state index < -0.39 is 10.0 Å². The molecule has 2 N–H and O–H groups in total. The Morgan fingerprint density at radius 1 is 1.00 bits per heavy atom. The van der Waals surface area contributed by atoms with Crippen LogP contribution >= 0.6 is 23.2 Å². The van der Waals surface area contributed by atoms with Crippen LogP contribution in [-0.4, -0.2) is 26.4 Å². The van der Waals surface area contributed by atoms with Gasteiger partial charge in [0.15, 0.2) is 0 Å². The Labute approximate surface area is 213 Å². The van der Waals surface area contributed by atoms with Gasteiger partial charge in [0.2, 0.25) is 15.9 Å². The van der Waals surface area contributed by atoms with Crippen molar-refractivity contribution < 1.29 is 17.9 Å². The van der Waals surface area contributed by atoms with E-state index in [9.17, 15) is 13.2 Å². The van der Waals surface area contributed by atoms with E-state index in [-0.39, 0.29) is 34.6 Å². The largest absolute Gasteiger partial charge is 0.497 e. The molecule has 0 saturated heterocycles. The topological polar surface area (TPSA) is 97.4 Å². The molecule has 0 saturated carbocycles. The van der Waals surface area contributed by atoms with Crippen LogP contribution in [0.2, 0.25) is 10.2 Å². The second-order valence-corrected chi connectivity index (χ2v) is 10.2. The zero-order valence-corrected chi connectivity index (χ0v) is 20.9. The van der Waals surface area contributed by atoms with Gasteiger partial charge in [0.25, 0.3) is 0 Å². The lowest BCUT2D eigenvalue weighted by Crippen LogP contribution is -2.24. The Balaban J connectivity index is 1.63. The zero-order chi connectivity index (χ0) is 25.0. The third kappa shape index (κ3) is 5.91. The first-order valence-electron chi connectivity index (χ1n) is 10.5. The number of carbonyl (C=O) groups is 1. The van der Waals surface area contributed by atoms with Crippen molar-refractivity contribution in [3.8, 4) is 5.75 Å². The average Bonchev–Trinajstić information content (AvgIpc) is 2.84. The molecule has 4 rings (SSSR count). The lowest BCUT2D eigenvalue weighted by molar-refractivity contribution is -0.115. The van der Waals surface area contributed by atoms with Crippen molar-refractivity contribution in [1.82, 2.24) is 9.71 Å². The fourth-order valence-corrected chi connectivity index (χ4v) is 5.21. The maximum absolute atomic E-state index is 13.3. The molecule has 0 radical (unpaired) electrons. The number of anilines is 1.